The highest BCUT2D eigenvalue weighted by molar-refractivity contribution is 6.13. The lowest BCUT2D eigenvalue weighted by Crippen LogP contribution is -1.94. The van der Waals surface area contributed by atoms with E-state index in [1.165, 1.54) is 177 Å². The normalized spacial score (nSPS) is 11.8. The van der Waals surface area contributed by atoms with Crippen LogP contribution in [0.1, 0.15) is 11.1 Å². The van der Waals surface area contributed by atoms with Crippen LogP contribution in [0.3, 0.4) is 0 Å². The molecule has 2 aromatic heterocycles. The van der Waals surface area contributed by atoms with Crippen LogP contribution in [0.5, 0.6) is 0 Å². The van der Waals surface area contributed by atoms with Crippen LogP contribution in [0.25, 0.3) is 177 Å². The van der Waals surface area contributed by atoms with Crippen molar-refractivity contribution in [2.24, 2.45) is 0 Å². The van der Waals surface area contributed by atoms with Crippen molar-refractivity contribution in [3.8, 4) is 134 Å². The van der Waals surface area contributed by atoms with Crippen LogP contribution < -0.4 is 0 Å². The van der Waals surface area contributed by atoms with Gasteiger partial charge < -0.3 is 9.13 Å². The molecule has 0 spiro atoms. The zero-order valence-electron chi connectivity index (χ0n) is 54.4. The lowest BCUT2D eigenvalue weighted by Gasteiger charge is -2.12. The largest absolute Gasteiger partial charge is 0.309 e. The minimum Gasteiger partial charge on any atom is -0.309 e. The Balaban J connectivity index is 0.646. The minimum atomic E-state index is 0.922. The van der Waals surface area contributed by atoms with Crippen LogP contribution in [-0.2, 0) is 6.42 Å². The van der Waals surface area contributed by atoms with Gasteiger partial charge in [-0.05, 0) is 249 Å². The first-order chi connectivity index (χ1) is 49.0. The van der Waals surface area contributed by atoms with Crippen molar-refractivity contribution in [1.82, 2.24) is 9.13 Å². The highest BCUT2D eigenvalue weighted by Crippen LogP contribution is 2.45. The number of nitrogens with zero attached hydrogens (tertiary/aromatic N) is 2. The monoisotopic (exact) mass is 1260 g/mol. The third-order valence-corrected chi connectivity index (χ3v) is 20.6. The molecule has 0 saturated carbocycles. The lowest BCUT2D eigenvalue weighted by molar-refractivity contribution is 1.18. The summed E-state index contributed by atoms with van der Waals surface area (Å²) in [6, 6.07) is 139. The molecule has 2 heterocycles. The van der Waals surface area contributed by atoms with Crippen LogP contribution in [0.2, 0.25) is 0 Å². The molecule has 0 radical (unpaired) electrons. The maximum atomic E-state index is 2.45. The van der Waals surface area contributed by atoms with E-state index in [0.29, 0.717) is 0 Å². The Hall–Kier alpha value is -12.9. The molecule has 1 aliphatic carbocycles. The molecule has 2 heteroatoms. The fraction of sp³-hybridized carbons (Fsp3) is 0.0103. The topological polar surface area (TPSA) is 9.86 Å². The Morgan fingerprint density at radius 1 is 0.152 bits per heavy atom. The first-order valence-electron chi connectivity index (χ1n) is 34.3. The Bertz CT molecular complexity index is 5480. The number of fused-ring (bicyclic) bond motifs is 9. The zero-order chi connectivity index (χ0) is 65.3. The molecule has 0 amide bonds. The maximum Gasteiger partial charge on any atom is 0.0541 e. The fourth-order valence-corrected chi connectivity index (χ4v) is 15.5. The number of aromatic nitrogens is 2. The smallest absolute Gasteiger partial charge is 0.0541 e. The number of benzene rings is 16. The number of hydrogen-bond donors (Lipinski definition) is 0. The van der Waals surface area contributed by atoms with Crippen LogP contribution in [0, 0.1) is 0 Å². The molecule has 0 bridgehead atoms. The minimum absolute atomic E-state index is 0.922. The van der Waals surface area contributed by atoms with Crippen LogP contribution in [-0.4, -0.2) is 9.13 Å². The SMILES string of the molecule is c1ccc(-c2cccc(-c3ccc4c(c3)c3cc(-c5cccc(-c6ccccc6)c5)ccc3n4-c3ccc(-c4ccc5c(c4)-c4cc(-c6ccc(-n7c8ccc(-c9cccc(-c%10ccccc%10)c9)cc8c8cc(-c9cccc(-c%10ccccc%10)c9)ccc87)cc6)ccc4C5)cc3)c2)cc1. The summed E-state index contributed by atoms with van der Waals surface area (Å²) in [4.78, 5) is 0. The van der Waals surface area contributed by atoms with E-state index in [4.69, 9.17) is 0 Å². The van der Waals surface area contributed by atoms with Gasteiger partial charge in [0.15, 0.2) is 0 Å². The summed E-state index contributed by atoms with van der Waals surface area (Å²) in [5.74, 6) is 0. The molecule has 1 aliphatic rings. The van der Waals surface area contributed by atoms with Crippen LogP contribution in [0.4, 0.5) is 0 Å². The fourth-order valence-electron chi connectivity index (χ4n) is 15.5. The van der Waals surface area contributed by atoms with E-state index in [9.17, 15) is 0 Å². The molecule has 0 N–H and O–H groups in total. The van der Waals surface area contributed by atoms with Gasteiger partial charge in [-0.3, -0.25) is 0 Å². The van der Waals surface area contributed by atoms with Gasteiger partial charge >= 0.3 is 0 Å². The van der Waals surface area contributed by atoms with Crippen molar-refractivity contribution in [3.63, 3.8) is 0 Å². The summed E-state index contributed by atoms with van der Waals surface area (Å²) in [7, 11) is 0. The van der Waals surface area contributed by atoms with E-state index in [0.717, 1.165) is 17.8 Å². The van der Waals surface area contributed by atoms with Gasteiger partial charge in [-0.25, -0.2) is 0 Å². The second kappa shape index (κ2) is 24.1. The molecule has 0 unspecified atom stereocenters. The van der Waals surface area contributed by atoms with Gasteiger partial charge in [-0.2, -0.15) is 0 Å². The molecule has 99 heavy (non-hydrogen) atoms. The quantitative estimate of drug-likeness (QED) is 0.115. The van der Waals surface area contributed by atoms with E-state index in [-0.39, 0.29) is 0 Å². The summed E-state index contributed by atoms with van der Waals surface area (Å²) in [5, 5.41) is 4.89. The second-order valence-corrected chi connectivity index (χ2v) is 26.4. The second-order valence-electron chi connectivity index (χ2n) is 26.4. The Labute approximate surface area is 576 Å². The molecule has 16 aromatic carbocycles. The van der Waals surface area contributed by atoms with Gasteiger partial charge in [0.05, 0.1) is 22.1 Å². The van der Waals surface area contributed by atoms with Gasteiger partial charge in [0, 0.05) is 32.9 Å². The Kier molecular flexibility index (Phi) is 14.0. The molecule has 18 aromatic rings. The van der Waals surface area contributed by atoms with Crippen molar-refractivity contribution < 1.29 is 0 Å². The Morgan fingerprint density at radius 2 is 0.354 bits per heavy atom. The van der Waals surface area contributed by atoms with Crippen molar-refractivity contribution >= 4 is 43.6 Å². The van der Waals surface area contributed by atoms with Gasteiger partial charge in [-0.1, -0.05) is 267 Å². The molecular formula is C97H64N2. The summed E-state index contributed by atoms with van der Waals surface area (Å²) < 4.78 is 4.90. The van der Waals surface area contributed by atoms with Gasteiger partial charge in [0.2, 0.25) is 0 Å². The van der Waals surface area contributed by atoms with Crippen LogP contribution >= 0.6 is 0 Å². The maximum absolute atomic E-state index is 2.45. The number of rotatable bonds is 12. The molecule has 0 fully saturated rings. The molecule has 2 nitrogen and oxygen atoms in total. The van der Waals surface area contributed by atoms with Crippen LogP contribution in [0.15, 0.2) is 376 Å². The first kappa shape index (κ1) is 57.6. The van der Waals surface area contributed by atoms with Gasteiger partial charge in [0.25, 0.3) is 0 Å². The van der Waals surface area contributed by atoms with E-state index in [1.807, 2.05) is 0 Å². The van der Waals surface area contributed by atoms with Gasteiger partial charge in [-0.15, -0.1) is 0 Å². The van der Waals surface area contributed by atoms with E-state index in [1.54, 1.807) is 0 Å². The molecule has 0 atom stereocenters. The molecular weight excluding hydrogens is 1190 g/mol. The van der Waals surface area contributed by atoms with Crippen molar-refractivity contribution in [2.45, 2.75) is 6.42 Å². The lowest BCUT2D eigenvalue weighted by atomic mass is 9.96. The third kappa shape index (κ3) is 10.5. The van der Waals surface area contributed by atoms with E-state index >= 15 is 0 Å². The van der Waals surface area contributed by atoms with E-state index in [2.05, 4.69) is 385 Å². The average Bonchev–Trinajstić information content (AvgIpc) is 1.60. The van der Waals surface area contributed by atoms with Gasteiger partial charge in [0.1, 0.15) is 0 Å². The highest BCUT2D eigenvalue weighted by Gasteiger charge is 2.23. The molecule has 0 aliphatic heterocycles. The molecule has 0 saturated heterocycles. The summed E-state index contributed by atoms with van der Waals surface area (Å²) in [6.45, 7) is 0. The predicted octanol–water partition coefficient (Wildman–Crippen LogP) is 26.1. The molecule has 19 rings (SSSR count). The predicted molar refractivity (Wildman–Crippen MR) is 418 cm³/mol. The zero-order valence-corrected chi connectivity index (χ0v) is 54.4. The summed E-state index contributed by atoms with van der Waals surface area (Å²) >= 11 is 0. The van der Waals surface area contributed by atoms with Crippen molar-refractivity contribution in [1.29, 1.82) is 0 Å². The van der Waals surface area contributed by atoms with Crippen molar-refractivity contribution in [2.75, 3.05) is 0 Å². The summed E-state index contributed by atoms with van der Waals surface area (Å²) in [6.07, 6.45) is 0.922. The average molecular weight is 1260 g/mol. The Morgan fingerprint density at radius 3 is 0.626 bits per heavy atom. The first-order valence-corrected chi connectivity index (χ1v) is 34.3. The van der Waals surface area contributed by atoms with Crippen molar-refractivity contribution in [3.05, 3.63) is 387 Å². The standard InChI is InChI=1S/C97H64N2/c1-5-17-64(18-6-1)70-25-13-29-74(53-70)80-41-49-94-90(60-80)91-61-81(75-30-14-26-71(54-75)65-19-7-2-8-20-65)42-50-95(91)98(94)86-45-37-68(38-46-86)78-33-35-84-57-85-36-34-79(59-89(85)88(84)58-78)69-39-47-87(48-40-69)99-96-51-43-82(76-31-15-27-72(55-76)66-21-9-3-10-22-66)62-92(96)93-63-83(44-52-97(93)99)77-32-16-28-73(56-77)67-23-11-4-12-24-67/h1-56,58-63H,57H2. The number of hydrogen-bond acceptors (Lipinski definition) is 0. The molecule has 462 valence electrons. The van der Waals surface area contributed by atoms with E-state index < -0.39 is 0 Å². The third-order valence-electron chi connectivity index (χ3n) is 20.6. The summed E-state index contributed by atoms with van der Waals surface area (Å²) in [5.41, 5.74) is 36.4. The highest BCUT2D eigenvalue weighted by atomic mass is 15.0.